The normalized spacial score (nSPS) is 9.05. The number of halogens is 1. The van der Waals surface area contributed by atoms with Crippen LogP contribution in [0.3, 0.4) is 0 Å². The van der Waals surface area contributed by atoms with Gasteiger partial charge in [0.1, 0.15) is 5.15 Å². The largest absolute Gasteiger partial charge is 0.325 e. The molecular weight excluding hydrogens is 330 g/mol. The summed E-state index contributed by atoms with van der Waals surface area (Å²) < 4.78 is 0. The molecule has 2 aromatic heterocycles. The highest BCUT2D eigenvalue weighted by molar-refractivity contribution is 7.98. The van der Waals surface area contributed by atoms with Crippen molar-refractivity contribution in [3.63, 3.8) is 0 Å². The Morgan fingerprint density at radius 1 is 1.00 bits per heavy atom. The molecule has 0 fully saturated rings. The predicted molar refractivity (Wildman–Crippen MR) is 88.9 cm³/mol. The molecule has 0 aliphatic heterocycles. The second-order valence-corrected chi connectivity index (χ2v) is 5.04. The van der Waals surface area contributed by atoms with Crippen molar-refractivity contribution in [3.8, 4) is 0 Å². The molecule has 2 heterocycles. The van der Waals surface area contributed by atoms with E-state index < -0.39 is 0 Å². The van der Waals surface area contributed by atoms with Crippen LogP contribution in [0.4, 0.5) is 0 Å². The number of rotatable bonds is 3. The second kappa shape index (κ2) is 12.7. The fraction of sp³-hybridized carbons (Fsp3) is 0.273. The van der Waals surface area contributed by atoms with E-state index >= 15 is 0 Å². The van der Waals surface area contributed by atoms with Crippen LogP contribution in [0, 0.1) is 0 Å². The molecule has 0 aromatic carbocycles. The SMILES string of the molecule is CSc1nccc(CN)n1.CSc1nccc(Cl)n1.NN. The zero-order valence-electron chi connectivity index (χ0n) is 11.7. The molecule has 0 bridgehead atoms. The Morgan fingerprint density at radius 3 is 1.95 bits per heavy atom. The number of hydrogen-bond acceptors (Lipinski definition) is 9. The maximum atomic E-state index is 5.56. The molecule has 7 nitrogen and oxygen atoms in total. The summed E-state index contributed by atoms with van der Waals surface area (Å²) >= 11 is 8.56. The summed E-state index contributed by atoms with van der Waals surface area (Å²) in [6.07, 6.45) is 7.21. The lowest BCUT2D eigenvalue weighted by Crippen LogP contribution is -2.02. The van der Waals surface area contributed by atoms with E-state index in [-0.39, 0.29) is 0 Å². The van der Waals surface area contributed by atoms with Gasteiger partial charge < -0.3 is 5.73 Å². The molecule has 0 spiro atoms. The highest BCUT2D eigenvalue weighted by atomic mass is 35.5. The maximum Gasteiger partial charge on any atom is 0.188 e. The van der Waals surface area contributed by atoms with Crippen molar-refractivity contribution in [2.24, 2.45) is 17.4 Å². The van der Waals surface area contributed by atoms with Crippen LogP contribution in [0.25, 0.3) is 0 Å². The minimum atomic E-state index is 0.482. The van der Waals surface area contributed by atoms with E-state index in [0.717, 1.165) is 10.9 Å². The Labute approximate surface area is 137 Å². The fourth-order valence-corrected chi connectivity index (χ4v) is 1.92. The second-order valence-electron chi connectivity index (χ2n) is 3.10. The van der Waals surface area contributed by atoms with E-state index in [1.165, 1.54) is 23.5 Å². The predicted octanol–water partition coefficient (Wildman–Crippen LogP) is 1.33. The number of aromatic nitrogens is 4. The summed E-state index contributed by atoms with van der Waals surface area (Å²) in [5.41, 5.74) is 6.26. The molecule has 0 saturated heterocycles. The van der Waals surface area contributed by atoms with E-state index in [0.29, 0.717) is 16.9 Å². The summed E-state index contributed by atoms with van der Waals surface area (Å²) in [6.45, 7) is 0.482. The maximum absolute atomic E-state index is 5.56. The smallest absolute Gasteiger partial charge is 0.188 e. The average molecular weight is 348 g/mol. The van der Waals surface area contributed by atoms with E-state index in [1.54, 1.807) is 18.5 Å². The van der Waals surface area contributed by atoms with Gasteiger partial charge in [0.05, 0.1) is 5.69 Å². The van der Waals surface area contributed by atoms with Gasteiger partial charge in [-0.25, -0.2) is 19.9 Å². The minimum absolute atomic E-state index is 0.482. The van der Waals surface area contributed by atoms with Crippen LogP contribution in [-0.2, 0) is 6.54 Å². The van der Waals surface area contributed by atoms with Crippen LogP contribution in [0.1, 0.15) is 5.69 Å². The number of hydrazine groups is 1. The average Bonchev–Trinajstić information content (AvgIpc) is 2.57. The Hall–Kier alpha value is -0.970. The molecule has 0 amide bonds. The van der Waals surface area contributed by atoms with Gasteiger partial charge >= 0.3 is 0 Å². The topological polar surface area (TPSA) is 130 Å². The standard InChI is InChI=1S/C6H9N3S.C5H5ClN2S.H4N2/c1-10-6-8-3-2-5(4-7)9-6;1-9-5-7-3-2-4(6)8-5;1-2/h2-3H,4,7H2,1H3;2-3H,1H3;1-2H2. The van der Waals surface area contributed by atoms with Crippen LogP contribution < -0.4 is 17.4 Å². The summed E-state index contributed by atoms with van der Waals surface area (Å²) in [5.74, 6) is 8.00. The van der Waals surface area contributed by atoms with Crippen molar-refractivity contribution in [1.29, 1.82) is 0 Å². The van der Waals surface area contributed by atoms with Gasteiger partial charge in [-0.2, -0.15) is 0 Å². The van der Waals surface area contributed by atoms with Gasteiger partial charge in [0.2, 0.25) is 0 Å². The molecule has 0 unspecified atom stereocenters. The van der Waals surface area contributed by atoms with Crippen molar-refractivity contribution in [3.05, 3.63) is 35.4 Å². The molecule has 2 rings (SSSR count). The molecule has 2 aromatic rings. The summed E-state index contributed by atoms with van der Waals surface area (Å²) in [4.78, 5) is 16.0. The summed E-state index contributed by atoms with van der Waals surface area (Å²) in [6, 6.07) is 3.47. The highest BCUT2D eigenvalue weighted by Gasteiger charge is 1.93. The third-order valence-corrected chi connectivity index (χ3v) is 3.20. The van der Waals surface area contributed by atoms with E-state index in [4.69, 9.17) is 17.3 Å². The molecular formula is C11H18ClN7S2. The first-order valence-corrected chi connectivity index (χ1v) is 8.44. The van der Waals surface area contributed by atoms with Crippen LogP contribution >= 0.6 is 35.1 Å². The van der Waals surface area contributed by atoms with Gasteiger partial charge in [0.15, 0.2) is 10.3 Å². The zero-order chi connectivity index (χ0) is 16.1. The Kier molecular flexibility index (Phi) is 12.2. The molecule has 6 N–H and O–H groups in total. The molecule has 21 heavy (non-hydrogen) atoms. The summed E-state index contributed by atoms with van der Waals surface area (Å²) in [5, 5.41) is 1.99. The van der Waals surface area contributed by atoms with Gasteiger partial charge in [-0.05, 0) is 24.6 Å². The molecule has 0 radical (unpaired) electrons. The highest BCUT2D eigenvalue weighted by Crippen LogP contribution is 2.10. The molecule has 0 aliphatic rings. The number of thioether (sulfide) groups is 2. The van der Waals surface area contributed by atoms with Crippen LogP contribution in [0.2, 0.25) is 5.15 Å². The first-order chi connectivity index (χ1) is 10.2. The first kappa shape index (κ1) is 20.0. The monoisotopic (exact) mass is 347 g/mol. The molecule has 0 aliphatic carbocycles. The quantitative estimate of drug-likeness (QED) is 0.247. The number of hydrogen-bond donors (Lipinski definition) is 3. The van der Waals surface area contributed by atoms with Crippen LogP contribution in [0.15, 0.2) is 34.8 Å². The van der Waals surface area contributed by atoms with Crippen LogP contribution in [0.5, 0.6) is 0 Å². The van der Waals surface area contributed by atoms with Crippen molar-refractivity contribution < 1.29 is 0 Å². The molecule has 0 saturated carbocycles. The van der Waals surface area contributed by atoms with Crippen molar-refractivity contribution in [2.75, 3.05) is 12.5 Å². The molecule has 0 atom stereocenters. The van der Waals surface area contributed by atoms with Gasteiger partial charge in [-0.15, -0.1) is 0 Å². The van der Waals surface area contributed by atoms with Crippen LogP contribution in [-0.4, -0.2) is 32.4 Å². The first-order valence-electron chi connectivity index (χ1n) is 5.61. The molecule has 10 heteroatoms. The molecule has 116 valence electrons. The van der Waals surface area contributed by atoms with E-state index in [1.807, 2.05) is 18.6 Å². The summed E-state index contributed by atoms with van der Waals surface area (Å²) in [7, 11) is 0. The van der Waals surface area contributed by atoms with Crippen molar-refractivity contribution in [1.82, 2.24) is 19.9 Å². The minimum Gasteiger partial charge on any atom is -0.325 e. The Bertz CT molecular complexity index is 496. The van der Waals surface area contributed by atoms with Gasteiger partial charge in [0.25, 0.3) is 0 Å². The third kappa shape index (κ3) is 8.81. The fourth-order valence-electron chi connectivity index (χ4n) is 1.01. The Balaban J connectivity index is 0.000000342. The van der Waals surface area contributed by atoms with Crippen molar-refractivity contribution >= 4 is 35.1 Å². The number of nitrogens with zero attached hydrogens (tertiary/aromatic N) is 4. The van der Waals surface area contributed by atoms with E-state index in [9.17, 15) is 0 Å². The lowest BCUT2D eigenvalue weighted by molar-refractivity contribution is 0.876. The van der Waals surface area contributed by atoms with E-state index in [2.05, 4.69) is 31.6 Å². The van der Waals surface area contributed by atoms with Crippen molar-refractivity contribution in [2.45, 2.75) is 16.9 Å². The van der Waals surface area contributed by atoms with Gasteiger partial charge in [-0.1, -0.05) is 35.1 Å². The van der Waals surface area contributed by atoms with Gasteiger partial charge in [0, 0.05) is 18.9 Å². The van der Waals surface area contributed by atoms with Gasteiger partial charge in [-0.3, -0.25) is 11.7 Å². The Morgan fingerprint density at radius 2 is 1.52 bits per heavy atom. The zero-order valence-corrected chi connectivity index (χ0v) is 14.1. The lowest BCUT2D eigenvalue weighted by atomic mass is 10.4. The lowest BCUT2D eigenvalue weighted by Gasteiger charge is -1.96. The number of nitrogens with two attached hydrogens (primary N) is 3. The third-order valence-electron chi connectivity index (χ3n) is 1.86.